The maximum absolute atomic E-state index is 13.1. The lowest BCUT2D eigenvalue weighted by atomic mass is 9.89. The second kappa shape index (κ2) is 42.4. The minimum Gasteiger partial charge on any atom is -0.496 e. The Bertz CT molecular complexity index is 3880. The van der Waals surface area contributed by atoms with Gasteiger partial charge in [0.05, 0.1) is 36.5 Å². The minimum atomic E-state index is -4.48. The van der Waals surface area contributed by atoms with Crippen LogP contribution in [0, 0.1) is 41.8 Å². The number of alkyl halides is 15. The van der Waals surface area contributed by atoms with Gasteiger partial charge < -0.3 is 9.47 Å². The summed E-state index contributed by atoms with van der Waals surface area (Å²) < 4.78 is 272. The second-order valence-electron chi connectivity index (χ2n) is 27.2. The van der Waals surface area contributed by atoms with E-state index in [1.165, 1.54) is 67.8 Å². The van der Waals surface area contributed by atoms with E-state index in [4.69, 9.17) is 9.47 Å². The zero-order valence-corrected chi connectivity index (χ0v) is 63.3. The van der Waals surface area contributed by atoms with Crippen molar-refractivity contribution in [2.24, 2.45) is 0 Å². The number of halogens is 21. The van der Waals surface area contributed by atoms with Gasteiger partial charge in [0.1, 0.15) is 40.5 Å². The summed E-state index contributed by atoms with van der Waals surface area (Å²) in [5.74, 6) is -1.42. The van der Waals surface area contributed by atoms with Crippen LogP contribution in [0.2, 0.25) is 0 Å². The van der Waals surface area contributed by atoms with E-state index < -0.39 is 82.1 Å². The van der Waals surface area contributed by atoms with Crippen molar-refractivity contribution in [2.75, 3.05) is 14.2 Å². The smallest absolute Gasteiger partial charge is 0.433 e. The zero-order chi connectivity index (χ0) is 82.1. The van der Waals surface area contributed by atoms with E-state index in [9.17, 15) is 92.2 Å². The van der Waals surface area contributed by atoms with Crippen LogP contribution in [0.1, 0.15) is 262 Å². The van der Waals surface area contributed by atoms with Crippen molar-refractivity contribution in [1.29, 1.82) is 0 Å². The predicted octanol–water partition coefficient (Wildman–Crippen LogP) is 29.3. The molecule has 1 heterocycles. The monoisotopic (exact) mass is 1530 g/mol. The molecular weight excluding hydrogens is 1430 g/mol. The van der Waals surface area contributed by atoms with E-state index in [1.807, 2.05) is 89.2 Å². The van der Waals surface area contributed by atoms with Gasteiger partial charge in [-0.15, -0.1) is 0 Å². The molecule has 0 N–H and O–H groups in total. The molecule has 0 saturated carbocycles. The lowest BCUT2D eigenvalue weighted by molar-refractivity contribution is -0.141. The lowest BCUT2D eigenvalue weighted by Crippen LogP contribution is -2.10. The number of aromatic nitrogens is 1. The topological polar surface area (TPSA) is 31.4 Å². The molecule has 0 aliphatic carbocycles. The minimum absolute atomic E-state index is 0.0813. The van der Waals surface area contributed by atoms with Crippen molar-refractivity contribution in [3.8, 4) is 11.5 Å². The van der Waals surface area contributed by atoms with Crippen molar-refractivity contribution >= 4 is 0 Å². The fourth-order valence-corrected chi connectivity index (χ4v) is 9.76. The molecule has 0 bridgehead atoms. The van der Waals surface area contributed by atoms with Crippen molar-refractivity contribution in [3.63, 3.8) is 0 Å². The molecule has 0 saturated heterocycles. The van der Waals surface area contributed by atoms with Crippen LogP contribution in [0.25, 0.3) is 0 Å². The number of nitrogens with zero attached hydrogens (tertiary/aromatic N) is 1. The van der Waals surface area contributed by atoms with Gasteiger partial charge in [-0.1, -0.05) is 167 Å². The number of rotatable bonds is 11. The molecule has 7 aromatic carbocycles. The Morgan fingerprint density at radius 1 is 0.274 bits per heavy atom. The van der Waals surface area contributed by atoms with Gasteiger partial charge in [0.2, 0.25) is 0 Å². The highest BCUT2D eigenvalue weighted by molar-refractivity contribution is 5.39. The Labute approximate surface area is 610 Å². The molecule has 0 amide bonds. The molecule has 106 heavy (non-hydrogen) atoms. The number of hydrogen-bond acceptors (Lipinski definition) is 3. The maximum Gasteiger partial charge on any atom is 0.433 e. The predicted molar refractivity (Wildman–Crippen MR) is 379 cm³/mol. The molecule has 0 aliphatic rings. The highest BCUT2D eigenvalue weighted by Crippen LogP contribution is 2.39. The van der Waals surface area contributed by atoms with Crippen LogP contribution in [0.15, 0.2) is 146 Å². The van der Waals surface area contributed by atoms with Crippen LogP contribution >= 0.6 is 0 Å². The first-order chi connectivity index (χ1) is 48.5. The quantitative estimate of drug-likeness (QED) is 0.121. The number of methoxy groups -OCH3 is 2. The molecule has 0 atom stereocenters. The summed E-state index contributed by atoms with van der Waals surface area (Å²) in [4.78, 5) is 3.46. The number of hydrogen-bond donors (Lipinski definition) is 0. The van der Waals surface area contributed by atoms with Crippen LogP contribution in [0.4, 0.5) is 92.2 Å². The molecule has 8 rings (SSSR count). The van der Waals surface area contributed by atoms with Gasteiger partial charge in [-0.05, 0) is 207 Å². The van der Waals surface area contributed by atoms with E-state index in [0.29, 0.717) is 51.7 Å². The SMILES string of the molecule is CC(C)c1cc(F)cc(C(F)(F)F)c1.CC(C)c1ccc(C(F)(F)F)cc1C(C)C.CC(C)c1ccc(F)cc1C(F)(F)F.CC(C)c1ccc(F)cc1F.CC(C)c1ccccc1C(F)(F)F.COc1ccc(C(C)C)cc1F.COc1ccc(F)cc1C(C)C.Cc1cc(C(C)C)cc(C(F)(F)F)n1. The Morgan fingerprint density at radius 2 is 0.689 bits per heavy atom. The second-order valence-corrected chi connectivity index (χ2v) is 27.2. The molecule has 0 fully saturated rings. The summed E-state index contributed by atoms with van der Waals surface area (Å²) in [6, 6.07) is 31.2. The largest absolute Gasteiger partial charge is 0.496 e. The summed E-state index contributed by atoms with van der Waals surface area (Å²) >= 11 is 0. The van der Waals surface area contributed by atoms with Gasteiger partial charge in [-0.3, -0.25) is 0 Å². The fraction of sp³-hybridized carbons (Fsp3) is 0.427. The van der Waals surface area contributed by atoms with Gasteiger partial charge >= 0.3 is 30.9 Å². The molecule has 8 aromatic rings. The molecule has 1 aromatic heterocycles. The van der Waals surface area contributed by atoms with E-state index in [1.54, 1.807) is 85.9 Å². The number of aryl methyl sites for hydroxylation is 1. The number of ether oxygens (including phenoxy) is 2. The first-order valence-corrected chi connectivity index (χ1v) is 33.8. The Hall–Kier alpha value is -8.18. The molecule has 0 radical (unpaired) electrons. The van der Waals surface area contributed by atoms with Gasteiger partial charge in [-0.25, -0.2) is 31.3 Å². The van der Waals surface area contributed by atoms with Gasteiger partial charge in [0.25, 0.3) is 0 Å². The summed E-state index contributed by atoms with van der Waals surface area (Å²) in [6.07, 6.45) is -21.8. The third kappa shape index (κ3) is 32.9. The molecule has 0 unspecified atom stereocenters. The summed E-state index contributed by atoms with van der Waals surface area (Å²) in [7, 11) is 3.06. The standard InChI is InChI=1S/C13H17F3.2C10H10F4.C10H12F3N.C10H11F3.2C10H13FO.C9H10F2/c1-8(2)11-6-5-10(13(14,15)16)7-12(11)9(3)4;1-6(2)7-3-8(10(12,13)14)5-9(11)4-7;1-6(2)8-4-3-7(11)5-9(8)10(12,13)14;1-6(2)8-4-7(3)14-9(5-8)10(11,12)13;1-7(2)8-5-3-4-6-9(8)10(11,12)13;1-7(2)9-6-8(11)4-5-10(9)12-3;1-7(2)8-4-5-10(12-3)9(11)6-8;1-6(2)8-4-3-7(10)5-9(8)11/h5-9H,1-4H3;2*3-6H,1-2H3;4-6H,1-3H3;3-7H,1-2H3;2*4-7H,1-3H3;3-6H,1-2H3. The van der Waals surface area contributed by atoms with Crippen LogP contribution in [-0.2, 0) is 30.9 Å². The average Bonchev–Trinajstić information content (AvgIpc) is 0.838. The van der Waals surface area contributed by atoms with Crippen LogP contribution in [0.5, 0.6) is 11.5 Å². The molecule has 0 spiro atoms. The van der Waals surface area contributed by atoms with Crippen molar-refractivity contribution in [3.05, 3.63) is 264 Å². The zero-order valence-electron chi connectivity index (χ0n) is 63.3. The van der Waals surface area contributed by atoms with Crippen molar-refractivity contribution < 1.29 is 102 Å². The van der Waals surface area contributed by atoms with Gasteiger partial charge in [0.15, 0.2) is 11.6 Å². The summed E-state index contributed by atoms with van der Waals surface area (Å²) in [5, 5.41) is 0. The van der Waals surface area contributed by atoms with Crippen molar-refractivity contribution in [1.82, 2.24) is 4.98 Å². The van der Waals surface area contributed by atoms with Crippen LogP contribution in [0.3, 0.4) is 0 Å². The first-order valence-electron chi connectivity index (χ1n) is 33.8. The van der Waals surface area contributed by atoms with Gasteiger partial charge in [0, 0.05) is 11.8 Å². The Morgan fingerprint density at radius 3 is 1.10 bits per heavy atom. The van der Waals surface area contributed by atoms with Gasteiger partial charge in [-0.2, -0.15) is 65.9 Å². The normalized spacial score (nSPS) is 11.7. The van der Waals surface area contributed by atoms with E-state index in [0.717, 1.165) is 64.4 Å². The summed E-state index contributed by atoms with van der Waals surface area (Å²) in [5.41, 5.74) is 2.49. The highest BCUT2D eigenvalue weighted by atomic mass is 19.4. The fourth-order valence-electron chi connectivity index (χ4n) is 9.76. The Kier molecular flexibility index (Phi) is 38.3. The highest BCUT2D eigenvalue weighted by Gasteiger charge is 2.37. The Balaban J connectivity index is 0.000000607. The van der Waals surface area contributed by atoms with E-state index in [-0.39, 0.29) is 64.5 Å². The molecular formula is C82H96F21NO2. The maximum atomic E-state index is 13.1. The lowest BCUT2D eigenvalue weighted by Gasteiger charge is -2.18. The number of benzene rings is 7. The van der Waals surface area contributed by atoms with Crippen molar-refractivity contribution in [2.45, 2.75) is 216 Å². The first kappa shape index (κ1) is 95.8. The average molecular weight is 1530 g/mol. The van der Waals surface area contributed by atoms with E-state index in [2.05, 4.69) is 4.98 Å². The molecule has 24 heteroatoms. The molecule has 588 valence electrons. The molecule has 0 aliphatic heterocycles. The number of pyridine rings is 1. The molecule has 3 nitrogen and oxygen atoms in total. The third-order valence-electron chi connectivity index (χ3n) is 15.6. The van der Waals surface area contributed by atoms with Crippen LogP contribution in [-0.4, -0.2) is 19.2 Å². The summed E-state index contributed by atoms with van der Waals surface area (Å²) in [6.45, 7) is 35.2. The third-order valence-corrected chi connectivity index (χ3v) is 15.6. The van der Waals surface area contributed by atoms with Crippen LogP contribution < -0.4 is 9.47 Å². The van der Waals surface area contributed by atoms with E-state index >= 15 is 0 Å².